The normalized spacial score (nSPS) is 14.9. The Morgan fingerprint density at radius 2 is 1.77 bits per heavy atom. The Kier molecular flexibility index (Phi) is 7.11. The number of thioether (sulfide) groups is 1. The minimum atomic E-state index is 0.128. The molecular weight excluding hydrogens is 408 g/mol. The average Bonchev–Trinajstić information content (AvgIpc) is 3.28. The molecule has 0 aliphatic carbocycles. The first-order chi connectivity index (χ1) is 15.2. The molecule has 0 saturated carbocycles. The van der Waals surface area contributed by atoms with Crippen LogP contribution in [0.25, 0.3) is 11.8 Å². The van der Waals surface area contributed by atoms with E-state index in [9.17, 15) is 4.79 Å². The maximum absolute atomic E-state index is 12.7. The molecule has 1 aliphatic rings. The Morgan fingerprint density at radius 1 is 1.03 bits per heavy atom. The maximum atomic E-state index is 12.7. The van der Waals surface area contributed by atoms with Crippen molar-refractivity contribution in [1.29, 1.82) is 0 Å². The fourth-order valence-electron chi connectivity index (χ4n) is 3.42. The van der Waals surface area contributed by atoms with E-state index < -0.39 is 0 Å². The highest BCUT2D eigenvalue weighted by molar-refractivity contribution is 7.99. The van der Waals surface area contributed by atoms with Crippen molar-refractivity contribution in [2.24, 2.45) is 0 Å². The lowest BCUT2D eigenvalue weighted by atomic mass is 10.2. The third-order valence-electron chi connectivity index (χ3n) is 5.24. The molecule has 31 heavy (non-hydrogen) atoms. The van der Waals surface area contributed by atoms with Crippen LogP contribution in [0.5, 0.6) is 0 Å². The van der Waals surface area contributed by atoms with Crippen LogP contribution in [0.1, 0.15) is 11.1 Å². The summed E-state index contributed by atoms with van der Waals surface area (Å²) in [4.78, 5) is 17.0. The highest BCUT2D eigenvalue weighted by Crippen LogP contribution is 2.19. The van der Waals surface area contributed by atoms with E-state index in [2.05, 4.69) is 44.7 Å². The number of piperazine rings is 1. The smallest absolute Gasteiger partial charge is 0.233 e. The van der Waals surface area contributed by atoms with E-state index >= 15 is 0 Å². The van der Waals surface area contributed by atoms with Crippen LogP contribution in [0.15, 0.2) is 65.8 Å². The number of carbonyl (C=O) groups excluding carboxylic acids is 1. The van der Waals surface area contributed by atoms with Gasteiger partial charge in [0.05, 0.1) is 11.4 Å². The third-order valence-corrected chi connectivity index (χ3v) is 6.15. The van der Waals surface area contributed by atoms with Crippen molar-refractivity contribution in [1.82, 2.24) is 30.0 Å². The van der Waals surface area contributed by atoms with Gasteiger partial charge in [-0.15, -0.1) is 5.10 Å². The lowest BCUT2D eigenvalue weighted by Gasteiger charge is -2.34. The van der Waals surface area contributed by atoms with Gasteiger partial charge in [0.2, 0.25) is 11.1 Å². The van der Waals surface area contributed by atoms with E-state index in [4.69, 9.17) is 0 Å². The molecule has 0 unspecified atom stereocenters. The Bertz CT molecular complexity index is 1010. The van der Waals surface area contributed by atoms with Crippen LogP contribution < -0.4 is 0 Å². The summed E-state index contributed by atoms with van der Waals surface area (Å²) in [6.07, 6.45) is 4.33. The van der Waals surface area contributed by atoms with Crippen molar-refractivity contribution in [3.8, 4) is 5.69 Å². The minimum Gasteiger partial charge on any atom is -0.339 e. The lowest BCUT2D eigenvalue weighted by molar-refractivity contribution is -0.130. The van der Waals surface area contributed by atoms with E-state index in [1.165, 1.54) is 22.9 Å². The summed E-state index contributed by atoms with van der Waals surface area (Å²) in [5.41, 5.74) is 3.28. The van der Waals surface area contributed by atoms with Crippen LogP contribution in [0, 0.1) is 6.92 Å². The number of nitrogens with zero attached hydrogens (tertiary/aromatic N) is 6. The number of aromatic nitrogens is 4. The van der Waals surface area contributed by atoms with Crippen molar-refractivity contribution < 1.29 is 4.79 Å². The van der Waals surface area contributed by atoms with Crippen molar-refractivity contribution in [3.63, 3.8) is 0 Å². The van der Waals surface area contributed by atoms with Gasteiger partial charge < -0.3 is 4.90 Å². The van der Waals surface area contributed by atoms with Gasteiger partial charge in [0.25, 0.3) is 0 Å². The molecule has 0 N–H and O–H groups in total. The van der Waals surface area contributed by atoms with E-state index in [-0.39, 0.29) is 5.91 Å². The second-order valence-corrected chi connectivity index (χ2v) is 8.43. The first-order valence-electron chi connectivity index (χ1n) is 10.4. The largest absolute Gasteiger partial charge is 0.339 e. The summed E-state index contributed by atoms with van der Waals surface area (Å²) >= 11 is 1.38. The van der Waals surface area contributed by atoms with Gasteiger partial charge in [0, 0.05) is 32.7 Å². The van der Waals surface area contributed by atoms with Crippen molar-refractivity contribution in [3.05, 3.63) is 71.8 Å². The van der Waals surface area contributed by atoms with Crippen LogP contribution in [-0.2, 0) is 4.79 Å². The number of amides is 1. The van der Waals surface area contributed by atoms with Gasteiger partial charge in [-0.1, -0.05) is 71.9 Å². The molecule has 0 bridgehead atoms. The summed E-state index contributed by atoms with van der Waals surface area (Å²) in [5, 5.41) is 12.5. The highest BCUT2D eigenvalue weighted by Gasteiger charge is 2.21. The SMILES string of the molecule is Cc1ccc(-n2nnnc2SCC(=O)N2CCN(CC=Cc3ccccc3)CC2)cc1. The topological polar surface area (TPSA) is 67.2 Å². The van der Waals surface area contributed by atoms with Crippen LogP contribution in [-0.4, -0.2) is 74.4 Å². The summed E-state index contributed by atoms with van der Waals surface area (Å²) in [7, 11) is 0. The molecule has 1 saturated heterocycles. The molecule has 2 aromatic carbocycles. The zero-order valence-corrected chi connectivity index (χ0v) is 18.4. The van der Waals surface area contributed by atoms with Gasteiger partial charge in [-0.25, -0.2) is 0 Å². The van der Waals surface area contributed by atoms with Gasteiger partial charge in [0.15, 0.2) is 0 Å². The van der Waals surface area contributed by atoms with Crippen LogP contribution in [0.3, 0.4) is 0 Å². The van der Waals surface area contributed by atoms with E-state index in [0.29, 0.717) is 10.9 Å². The second-order valence-electron chi connectivity index (χ2n) is 7.49. The van der Waals surface area contributed by atoms with Gasteiger partial charge in [-0.3, -0.25) is 9.69 Å². The van der Waals surface area contributed by atoms with Gasteiger partial charge >= 0.3 is 0 Å². The lowest BCUT2D eigenvalue weighted by Crippen LogP contribution is -2.49. The van der Waals surface area contributed by atoms with E-state index in [0.717, 1.165) is 38.4 Å². The molecule has 0 spiro atoms. The fraction of sp³-hybridized carbons (Fsp3) is 0.304. The van der Waals surface area contributed by atoms with E-state index in [1.54, 1.807) is 4.68 Å². The molecule has 1 aliphatic heterocycles. The zero-order valence-electron chi connectivity index (χ0n) is 17.6. The Hall–Kier alpha value is -2.97. The second kappa shape index (κ2) is 10.4. The minimum absolute atomic E-state index is 0.128. The maximum Gasteiger partial charge on any atom is 0.233 e. The number of hydrogen-bond acceptors (Lipinski definition) is 6. The number of hydrogen-bond donors (Lipinski definition) is 0. The molecule has 1 fully saturated rings. The first-order valence-corrected chi connectivity index (χ1v) is 11.4. The number of aryl methyl sites for hydroxylation is 1. The molecule has 8 heteroatoms. The average molecular weight is 435 g/mol. The number of rotatable bonds is 7. The molecular formula is C23H26N6OS. The van der Waals surface area contributed by atoms with E-state index in [1.807, 2.05) is 54.3 Å². The molecule has 1 amide bonds. The van der Waals surface area contributed by atoms with Gasteiger partial charge in [-0.2, -0.15) is 4.68 Å². The quantitative estimate of drug-likeness (QED) is 0.533. The predicted molar refractivity (Wildman–Crippen MR) is 123 cm³/mol. The fourth-order valence-corrected chi connectivity index (χ4v) is 4.21. The molecule has 7 nitrogen and oxygen atoms in total. The Morgan fingerprint density at radius 3 is 2.52 bits per heavy atom. The zero-order chi connectivity index (χ0) is 21.5. The van der Waals surface area contributed by atoms with Crippen LogP contribution >= 0.6 is 11.8 Å². The Labute approximate surface area is 186 Å². The molecule has 2 heterocycles. The van der Waals surface area contributed by atoms with Crippen LogP contribution in [0.4, 0.5) is 0 Å². The standard InChI is InChI=1S/C23H26N6OS/c1-19-9-11-21(12-10-19)29-23(24-25-26-29)31-18-22(30)28-16-14-27(15-17-28)13-5-8-20-6-3-2-4-7-20/h2-12H,13-18H2,1H3. The molecule has 3 aromatic rings. The summed E-state index contributed by atoms with van der Waals surface area (Å²) < 4.78 is 1.67. The highest BCUT2D eigenvalue weighted by atomic mass is 32.2. The monoisotopic (exact) mass is 434 g/mol. The summed E-state index contributed by atoms with van der Waals surface area (Å²) in [5.74, 6) is 0.461. The molecule has 1 aromatic heterocycles. The predicted octanol–water partition coefficient (Wildman–Crippen LogP) is 2.92. The molecule has 0 radical (unpaired) electrons. The first kappa shape index (κ1) is 21.3. The molecule has 0 atom stereocenters. The number of carbonyl (C=O) groups is 1. The number of benzene rings is 2. The van der Waals surface area contributed by atoms with Crippen LogP contribution in [0.2, 0.25) is 0 Å². The van der Waals surface area contributed by atoms with Crippen molar-refractivity contribution in [2.75, 3.05) is 38.5 Å². The van der Waals surface area contributed by atoms with Gasteiger partial charge in [0.1, 0.15) is 0 Å². The summed E-state index contributed by atoms with van der Waals surface area (Å²) in [6.45, 7) is 6.21. The molecule has 4 rings (SSSR count). The van der Waals surface area contributed by atoms with Crippen molar-refractivity contribution >= 4 is 23.7 Å². The van der Waals surface area contributed by atoms with Crippen molar-refractivity contribution in [2.45, 2.75) is 12.1 Å². The number of tetrazole rings is 1. The Balaban J connectivity index is 1.23. The third kappa shape index (κ3) is 5.80. The van der Waals surface area contributed by atoms with Gasteiger partial charge in [-0.05, 0) is 35.0 Å². The molecule has 160 valence electrons. The summed E-state index contributed by atoms with van der Waals surface area (Å²) in [6, 6.07) is 18.3.